The van der Waals surface area contributed by atoms with E-state index in [1.54, 1.807) is 0 Å². The van der Waals surface area contributed by atoms with Crippen LogP contribution in [0.1, 0.15) is 32.6 Å². The van der Waals surface area contributed by atoms with Gasteiger partial charge in [0.05, 0.1) is 6.10 Å². The van der Waals surface area contributed by atoms with Crippen molar-refractivity contribution >= 4 is 16.5 Å². The zero-order valence-electron chi connectivity index (χ0n) is 11.4. The Labute approximate surface area is 114 Å². The lowest BCUT2D eigenvalue weighted by molar-refractivity contribution is 0.131. The topological polar surface area (TPSA) is 35.2 Å². The second-order valence-electron chi connectivity index (χ2n) is 5.71. The highest BCUT2D eigenvalue weighted by molar-refractivity contribution is 5.96. The maximum Gasteiger partial charge on any atom is 0.127 e. The van der Waals surface area contributed by atoms with Crippen molar-refractivity contribution < 1.29 is 4.74 Å². The van der Waals surface area contributed by atoms with Gasteiger partial charge in [0.2, 0.25) is 0 Å². The van der Waals surface area contributed by atoms with E-state index in [1.807, 2.05) is 18.2 Å². The van der Waals surface area contributed by atoms with Gasteiger partial charge in [-0.05, 0) is 37.3 Å². The molecule has 0 amide bonds. The Morgan fingerprint density at radius 3 is 2.68 bits per heavy atom. The standard InChI is InChI=1S/C17H21NO/c1-12-5-2-6-13(11-12)19-17-10-4-7-14-15(17)8-3-9-16(14)18/h3-4,7-10,12-13H,2,5-6,11,18H2,1H3. The third-order valence-electron chi connectivity index (χ3n) is 4.10. The summed E-state index contributed by atoms with van der Waals surface area (Å²) in [6.07, 6.45) is 5.30. The third-order valence-corrected chi connectivity index (χ3v) is 4.10. The minimum Gasteiger partial charge on any atom is -0.490 e. The van der Waals surface area contributed by atoms with Crippen molar-refractivity contribution in [2.24, 2.45) is 5.92 Å². The van der Waals surface area contributed by atoms with E-state index in [0.29, 0.717) is 6.10 Å². The highest BCUT2D eigenvalue weighted by atomic mass is 16.5. The fourth-order valence-electron chi connectivity index (χ4n) is 3.07. The van der Waals surface area contributed by atoms with Crippen LogP contribution in [0.3, 0.4) is 0 Å². The molecule has 2 aromatic rings. The minimum absolute atomic E-state index is 0.357. The van der Waals surface area contributed by atoms with Gasteiger partial charge in [-0.3, -0.25) is 0 Å². The number of hydrogen-bond acceptors (Lipinski definition) is 2. The van der Waals surface area contributed by atoms with E-state index in [1.165, 1.54) is 25.7 Å². The van der Waals surface area contributed by atoms with E-state index in [2.05, 4.69) is 25.1 Å². The summed E-state index contributed by atoms with van der Waals surface area (Å²) in [5.74, 6) is 1.75. The number of benzene rings is 2. The van der Waals surface area contributed by atoms with E-state index in [4.69, 9.17) is 10.5 Å². The molecule has 2 nitrogen and oxygen atoms in total. The first-order chi connectivity index (χ1) is 9.24. The van der Waals surface area contributed by atoms with Crippen LogP contribution in [0, 0.1) is 5.92 Å². The zero-order valence-corrected chi connectivity index (χ0v) is 11.4. The van der Waals surface area contributed by atoms with Crippen LogP contribution in [-0.4, -0.2) is 6.10 Å². The van der Waals surface area contributed by atoms with E-state index in [9.17, 15) is 0 Å². The van der Waals surface area contributed by atoms with Gasteiger partial charge in [0.15, 0.2) is 0 Å². The summed E-state index contributed by atoms with van der Waals surface area (Å²) in [5.41, 5.74) is 6.84. The molecule has 0 spiro atoms. The lowest BCUT2D eigenvalue weighted by atomic mass is 9.88. The molecule has 0 saturated heterocycles. The van der Waals surface area contributed by atoms with Crippen LogP contribution >= 0.6 is 0 Å². The summed E-state index contributed by atoms with van der Waals surface area (Å²) in [4.78, 5) is 0. The van der Waals surface area contributed by atoms with Crippen LogP contribution in [0.15, 0.2) is 36.4 Å². The molecule has 19 heavy (non-hydrogen) atoms. The number of nitrogen functional groups attached to an aromatic ring is 1. The molecule has 0 radical (unpaired) electrons. The van der Waals surface area contributed by atoms with Gasteiger partial charge in [0, 0.05) is 16.5 Å². The van der Waals surface area contributed by atoms with Crippen LogP contribution in [-0.2, 0) is 0 Å². The van der Waals surface area contributed by atoms with Crippen molar-refractivity contribution in [3.8, 4) is 5.75 Å². The maximum atomic E-state index is 6.24. The van der Waals surface area contributed by atoms with E-state index in [0.717, 1.165) is 28.1 Å². The van der Waals surface area contributed by atoms with E-state index in [-0.39, 0.29) is 0 Å². The summed E-state index contributed by atoms with van der Waals surface area (Å²) in [6, 6.07) is 12.2. The summed E-state index contributed by atoms with van der Waals surface area (Å²) in [5, 5.41) is 2.21. The highest BCUT2D eigenvalue weighted by Crippen LogP contribution is 2.33. The fraction of sp³-hybridized carbons (Fsp3) is 0.412. The average molecular weight is 255 g/mol. The van der Waals surface area contributed by atoms with Crippen molar-refractivity contribution in [1.29, 1.82) is 0 Å². The summed E-state index contributed by atoms with van der Waals surface area (Å²) in [7, 11) is 0. The molecule has 2 heteroatoms. The van der Waals surface area contributed by atoms with Crippen molar-refractivity contribution in [1.82, 2.24) is 0 Å². The summed E-state index contributed by atoms with van der Waals surface area (Å²) < 4.78 is 6.24. The normalized spacial score (nSPS) is 23.4. The first-order valence-corrected chi connectivity index (χ1v) is 7.18. The molecule has 1 aliphatic rings. The third kappa shape index (κ3) is 2.53. The van der Waals surface area contributed by atoms with Crippen LogP contribution in [0.4, 0.5) is 5.69 Å². The predicted octanol–water partition coefficient (Wildman–Crippen LogP) is 4.38. The van der Waals surface area contributed by atoms with Crippen molar-refractivity contribution in [2.45, 2.75) is 38.7 Å². The number of rotatable bonds is 2. The molecule has 3 rings (SSSR count). The molecule has 100 valence electrons. The Kier molecular flexibility index (Phi) is 3.33. The van der Waals surface area contributed by atoms with E-state index < -0.39 is 0 Å². The Balaban J connectivity index is 1.90. The Morgan fingerprint density at radius 1 is 1.05 bits per heavy atom. The van der Waals surface area contributed by atoms with Gasteiger partial charge in [-0.2, -0.15) is 0 Å². The molecule has 0 aliphatic heterocycles. The van der Waals surface area contributed by atoms with Crippen molar-refractivity contribution in [2.75, 3.05) is 5.73 Å². The molecule has 2 N–H and O–H groups in total. The molecule has 2 atom stereocenters. The average Bonchev–Trinajstić information content (AvgIpc) is 2.40. The SMILES string of the molecule is CC1CCCC(Oc2cccc3c(N)cccc23)C1. The van der Waals surface area contributed by atoms with Gasteiger partial charge >= 0.3 is 0 Å². The molecule has 2 unspecified atom stereocenters. The predicted molar refractivity (Wildman–Crippen MR) is 80.4 cm³/mol. The van der Waals surface area contributed by atoms with Gasteiger partial charge < -0.3 is 10.5 Å². The largest absolute Gasteiger partial charge is 0.490 e. The molecule has 0 heterocycles. The molecule has 1 saturated carbocycles. The van der Waals surface area contributed by atoms with Crippen LogP contribution in [0.25, 0.3) is 10.8 Å². The van der Waals surface area contributed by atoms with Gasteiger partial charge in [-0.25, -0.2) is 0 Å². The molecule has 2 aromatic carbocycles. The molecular weight excluding hydrogens is 234 g/mol. The first-order valence-electron chi connectivity index (χ1n) is 7.18. The molecule has 0 bridgehead atoms. The van der Waals surface area contributed by atoms with Gasteiger partial charge in [-0.15, -0.1) is 0 Å². The van der Waals surface area contributed by atoms with Gasteiger partial charge in [0.25, 0.3) is 0 Å². The van der Waals surface area contributed by atoms with Crippen LogP contribution in [0.2, 0.25) is 0 Å². The van der Waals surface area contributed by atoms with Crippen molar-refractivity contribution in [3.05, 3.63) is 36.4 Å². The second-order valence-corrected chi connectivity index (χ2v) is 5.71. The lowest BCUT2D eigenvalue weighted by Crippen LogP contribution is -2.24. The van der Waals surface area contributed by atoms with Crippen LogP contribution in [0.5, 0.6) is 5.75 Å². The monoisotopic (exact) mass is 255 g/mol. The number of anilines is 1. The smallest absolute Gasteiger partial charge is 0.127 e. The first kappa shape index (κ1) is 12.3. The Morgan fingerprint density at radius 2 is 1.84 bits per heavy atom. The van der Waals surface area contributed by atoms with Gasteiger partial charge in [0.1, 0.15) is 5.75 Å². The maximum absolute atomic E-state index is 6.24. The second kappa shape index (κ2) is 5.12. The molecule has 0 aromatic heterocycles. The van der Waals surface area contributed by atoms with Gasteiger partial charge in [-0.1, -0.05) is 37.6 Å². The lowest BCUT2D eigenvalue weighted by Gasteiger charge is -2.27. The highest BCUT2D eigenvalue weighted by Gasteiger charge is 2.20. The fourth-order valence-corrected chi connectivity index (χ4v) is 3.07. The molecular formula is C17H21NO. The number of nitrogens with two attached hydrogens (primary N) is 1. The molecule has 1 aliphatic carbocycles. The van der Waals surface area contributed by atoms with Crippen molar-refractivity contribution in [3.63, 3.8) is 0 Å². The Hall–Kier alpha value is -1.70. The summed E-state index contributed by atoms with van der Waals surface area (Å²) in [6.45, 7) is 2.32. The zero-order chi connectivity index (χ0) is 13.2. The Bertz CT molecular complexity index is 578. The molecule has 1 fully saturated rings. The van der Waals surface area contributed by atoms with Crippen LogP contribution < -0.4 is 10.5 Å². The van der Waals surface area contributed by atoms with E-state index >= 15 is 0 Å². The quantitative estimate of drug-likeness (QED) is 0.808. The number of hydrogen-bond donors (Lipinski definition) is 1. The number of ether oxygens (including phenoxy) is 1. The summed E-state index contributed by atoms with van der Waals surface area (Å²) >= 11 is 0. The minimum atomic E-state index is 0.357. The number of fused-ring (bicyclic) bond motifs is 1.